The number of nitrogens with one attached hydrogen (secondary N) is 1. The van der Waals surface area contributed by atoms with Gasteiger partial charge in [-0.3, -0.25) is 4.79 Å². The number of hydrogen-bond donors (Lipinski definition) is 1. The van der Waals surface area contributed by atoms with Crippen molar-refractivity contribution in [2.45, 2.75) is 19.4 Å². The first-order valence-electron chi connectivity index (χ1n) is 4.61. The molecular weight excluding hydrogens is 249 g/mol. The molecular formula is C10H9Cl2N3O. The largest absolute Gasteiger partial charge is 0.336 e. The van der Waals surface area contributed by atoms with Crippen LogP contribution in [0.25, 0.3) is 0 Å². The standard InChI is InChI=1S/C10H9Cl2N3O/c1-2-6(5-13)14-10(16)7-3-4-8(11)15-9(7)12/h3-4,6H,2H2,1H3,(H,14,16). The Morgan fingerprint density at radius 1 is 1.62 bits per heavy atom. The van der Waals surface area contributed by atoms with E-state index in [0.29, 0.717) is 6.42 Å². The van der Waals surface area contributed by atoms with Crippen molar-refractivity contribution in [2.75, 3.05) is 0 Å². The molecule has 1 atom stereocenters. The maximum atomic E-state index is 11.7. The number of pyridine rings is 1. The summed E-state index contributed by atoms with van der Waals surface area (Å²) in [5.41, 5.74) is 0.208. The molecule has 0 radical (unpaired) electrons. The van der Waals surface area contributed by atoms with Crippen LogP contribution in [0.15, 0.2) is 12.1 Å². The third-order valence-corrected chi connectivity index (χ3v) is 2.43. The van der Waals surface area contributed by atoms with Gasteiger partial charge in [-0.25, -0.2) is 4.98 Å². The van der Waals surface area contributed by atoms with E-state index in [1.165, 1.54) is 12.1 Å². The lowest BCUT2D eigenvalue weighted by Crippen LogP contribution is -2.33. The number of halogens is 2. The van der Waals surface area contributed by atoms with E-state index in [0.717, 1.165) is 0 Å². The third kappa shape index (κ3) is 3.09. The van der Waals surface area contributed by atoms with E-state index in [1.54, 1.807) is 6.92 Å². The molecule has 0 saturated carbocycles. The lowest BCUT2D eigenvalue weighted by molar-refractivity contribution is 0.0944. The Morgan fingerprint density at radius 3 is 2.81 bits per heavy atom. The molecule has 84 valence electrons. The van der Waals surface area contributed by atoms with Gasteiger partial charge in [0.2, 0.25) is 0 Å². The normalized spacial score (nSPS) is 11.6. The summed E-state index contributed by atoms with van der Waals surface area (Å²) >= 11 is 11.4. The summed E-state index contributed by atoms with van der Waals surface area (Å²) in [5, 5.41) is 11.5. The summed E-state index contributed by atoms with van der Waals surface area (Å²) in [5.74, 6) is -0.428. The van der Waals surface area contributed by atoms with Crippen molar-refractivity contribution in [1.29, 1.82) is 5.26 Å². The quantitative estimate of drug-likeness (QED) is 0.846. The van der Waals surface area contributed by atoms with Crippen molar-refractivity contribution < 1.29 is 4.79 Å². The van der Waals surface area contributed by atoms with Crippen LogP contribution in [0.2, 0.25) is 10.3 Å². The Bertz CT molecular complexity index is 442. The average Bonchev–Trinajstić information content (AvgIpc) is 2.25. The molecule has 1 rings (SSSR count). The monoisotopic (exact) mass is 257 g/mol. The molecule has 6 heteroatoms. The zero-order chi connectivity index (χ0) is 12.1. The van der Waals surface area contributed by atoms with Gasteiger partial charge in [-0.15, -0.1) is 0 Å². The van der Waals surface area contributed by atoms with Gasteiger partial charge in [0, 0.05) is 0 Å². The second-order valence-corrected chi connectivity index (χ2v) is 3.78. The molecule has 0 spiro atoms. The van der Waals surface area contributed by atoms with Gasteiger partial charge in [0.05, 0.1) is 11.6 Å². The van der Waals surface area contributed by atoms with Crippen LogP contribution in [0.1, 0.15) is 23.7 Å². The van der Waals surface area contributed by atoms with Gasteiger partial charge < -0.3 is 5.32 Å². The lowest BCUT2D eigenvalue weighted by Gasteiger charge is -2.09. The molecule has 1 unspecified atom stereocenters. The summed E-state index contributed by atoms with van der Waals surface area (Å²) in [6.07, 6.45) is 0.529. The smallest absolute Gasteiger partial charge is 0.255 e. The minimum Gasteiger partial charge on any atom is -0.336 e. The maximum absolute atomic E-state index is 11.7. The maximum Gasteiger partial charge on any atom is 0.255 e. The Balaban J connectivity index is 2.85. The fraction of sp³-hybridized carbons (Fsp3) is 0.300. The van der Waals surface area contributed by atoms with E-state index >= 15 is 0 Å². The topological polar surface area (TPSA) is 65.8 Å². The molecule has 0 bridgehead atoms. The second-order valence-electron chi connectivity index (χ2n) is 3.04. The van der Waals surface area contributed by atoms with Gasteiger partial charge >= 0.3 is 0 Å². The minimum atomic E-state index is -0.528. The Hall–Kier alpha value is -1.31. The molecule has 1 N–H and O–H groups in total. The summed E-state index contributed by atoms with van der Waals surface area (Å²) in [6, 6.07) is 4.37. The van der Waals surface area contributed by atoms with Gasteiger partial charge in [-0.05, 0) is 18.6 Å². The highest BCUT2D eigenvalue weighted by molar-refractivity contribution is 6.34. The van der Waals surface area contributed by atoms with E-state index in [-0.39, 0.29) is 15.9 Å². The van der Waals surface area contributed by atoms with Gasteiger partial charge in [0.15, 0.2) is 0 Å². The Kier molecular flexibility index (Phi) is 4.53. The summed E-state index contributed by atoms with van der Waals surface area (Å²) in [4.78, 5) is 15.4. The molecule has 16 heavy (non-hydrogen) atoms. The van der Waals surface area contributed by atoms with Gasteiger partial charge in [0.1, 0.15) is 16.3 Å². The van der Waals surface area contributed by atoms with Crippen LogP contribution >= 0.6 is 23.2 Å². The van der Waals surface area contributed by atoms with Crippen LogP contribution in [0.4, 0.5) is 0 Å². The first-order chi connectivity index (χ1) is 7.58. The van der Waals surface area contributed by atoms with E-state index in [2.05, 4.69) is 10.3 Å². The van der Waals surface area contributed by atoms with Gasteiger partial charge in [-0.2, -0.15) is 5.26 Å². The first kappa shape index (κ1) is 12.8. The van der Waals surface area contributed by atoms with Gasteiger partial charge in [-0.1, -0.05) is 30.1 Å². The van der Waals surface area contributed by atoms with Crippen LogP contribution in [0, 0.1) is 11.3 Å². The second kappa shape index (κ2) is 5.69. The number of rotatable bonds is 3. The van der Waals surface area contributed by atoms with Crippen molar-refractivity contribution in [1.82, 2.24) is 10.3 Å². The molecule has 4 nitrogen and oxygen atoms in total. The Morgan fingerprint density at radius 2 is 2.31 bits per heavy atom. The number of carbonyl (C=O) groups excluding carboxylic acids is 1. The van der Waals surface area contributed by atoms with E-state index in [1.807, 2.05) is 6.07 Å². The number of carbonyl (C=O) groups is 1. The van der Waals surface area contributed by atoms with Crippen molar-refractivity contribution in [3.63, 3.8) is 0 Å². The van der Waals surface area contributed by atoms with Crippen molar-refractivity contribution >= 4 is 29.1 Å². The molecule has 1 aromatic rings. The van der Waals surface area contributed by atoms with Crippen LogP contribution in [-0.4, -0.2) is 16.9 Å². The van der Waals surface area contributed by atoms with Crippen molar-refractivity contribution in [3.05, 3.63) is 28.0 Å². The van der Waals surface area contributed by atoms with Crippen molar-refractivity contribution in [2.24, 2.45) is 0 Å². The van der Waals surface area contributed by atoms with E-state index < -0.39 is 11.9 Å². The summed E-state index contributed by atoms with van der Waals surface area (Å²) < 4.78 is 0. The molecule has 0 fully saturated rings. The number of nitriles is 1. The SMILES string of the molecule is CCC(C#N)NC(=O)c1ccc(Cl)nc1Cl. The molecule has 0 aliphatic heterocycles. The van der Waals surface area contributed by atoms with Crippen LogP contribution in [0.5, 0.6) is 0 Å². The van der Waals surface area contributed by atoms with Gasteiger partial charge in [0.25, 0.3) is 5.91 Å². The zero-order valence-corrected chi connectivity index (χ0v) is 10.0. The molecule has 1 heterocycles. The third-order valence-electron chi connectivity index (χ3n) is 1.93. The molecule has 0 aliphatic rings. The predicted octanol–water partition coefficient (Wildman–Crippen LogP) is 2.42. The molecule has 1 aromatic heterocycles. The fourth-order valence-corrected chi connectivity index (χ4v) is 1.47. The molecule has 0 saturated heterocycles. The molecule has 0 aliphatic carbocycles. The predicted molar refractivity (Wildman–Crippen MR) is 61.4 cm³/mol. The minimum absolute atomic E-state index is 0.0257. The molecule has 0 aromatic carbocycles. The number of hydrogen-bond acceptors (Lipinski definition) is 3. The fourth-order valence-electron chi connectivity index (χ4n) is 1.04. The highest BCUT2D eigenvalue weighted by Crippen LogP contribution is 2.16. The van der Waals surface area contributed by atoms with Crippen LogP contribution in [-0.2, 0) is 0 Å². The first-order valence-corrected chi connectivity index (χ1v) is 5.36. The lowest BCUT2D eigenvalue weighted by atomic mass is 10.2. The van der Waals surface area contributed by atoms with E-state index in [9.17, 15) is 4.79 Å². The highest BCUT2D eigenvalue weighted by atomic mass is 35.5. The zero-order valence-electron chi connectivity index (χ0n) is 8.50. The Labute approximate surface area is 103 Å². The van der Waals surface area contributed by atoms with Crippen LogP contribution in [0.3, 0.4) is 0 Å². The summed E-state index contributed by atoms with van der Waals surface area (Å²) in [6.45, 7) is 1.80. The summed E-state index contributed by atoms with van der Waals surface area (Å²) in [7, 11) is 0. The van der Waals surface area contributed by atoms with Crippen molar-refractivity contribution in [3.8, 4) is 6.07 Å². The van der Waals surface area contributed by atoms with E-state index in [4.69, 9.17) is 28.5 Å². The number of aromatic nitrogens is 1. The number of nitrogens with zero attached hydrogens (tertiary/aromatic N) is 2. The average molecular weight is 258 g/mol. The molecule has 1 amide bonds. The highest BCUT2D eigenvalue weighted by Gasteiger charge is 2.15. The number of amides is 1. The van der Waals surface area contributed by atoms with Crippen LogP contribution < -0.4 is 5.32 Å².